The number of sulfonamides is 1. The quantitative estimate of drug-likeness (QED) is 0.370. The highest BCUT2D eigenvalue weighted by Crippen LogP contribution is 2.18. The summed E-state index contributed by atoms with van der Waals surface area (Å²) >= 11 is 5.22. The van der Waals surface area contributed by atoms with Crippen LogP contribution in [-0.4, -0.2) is 31.2 Å². The first-order valence-electron chi connectivity index (χ1n) is 10.5. The fourth-order valence-corrected chi connectivity index (χ4v) is 4.00. The Morgan fingerprint density at radius 3 is 2.53 bits per heavy atom. The number of nitrogens with zero attached hydrogens (tertiary/aromatic N) is 1. The zero-order valence-electron chi connectivity index (χ0n) is 19.0. The summed E-state index contributed by atoms with van der Waals surface area (Å²) in [6.07, 6.45) is 0.917. The summed E-state index contributed by atoms with van der Waals surface area (Å²) in [5, 5.41) is 9.16. The molecule has 1 amide bonds. The third kappa shape index (κ3) is 7.29. The minimum absolute atomic E-state index is 0.0305. The second kappa shape index (κ2) is 11.1. The van der Waals surface area contributed by atoms with Crippen molar-refractivity contribution in [1.82, 2.24) is 10.5 Å². The van der Waals surface area contributed by atoms with Crippen LogP contribution in [0.2, 0.25) is 0 Å². The van der Waals surface area contributed by atoms with Crippen molar-refractivity contribution in [2.75, 3.05) is 16.6 Å². The van der Waals surface area contributed by atoms with Crippen LogP contribution in [-0.2, 0) is 10.0 Å². The van der Waals surface area contributed by atoms with Gasteiger partial charge in [0.25, 0.3) is 15.9 Å². The van der Waals surface area contributed by atoms with Crippen LogP contribution in [0.1, 0.15) is 36.4 Å². The first kappa shape index (κ1) is 25.2. The third-order valence-electron chi connectivity index (χ3n) is 4.58. The summed E-state index contributed by atoms with van der Waals surface area (Å²) in [6, 6.07) is 14.2. The van der Waals surface area contributed by atoms with Crippen molar-refractivity contribution in [2.45, 2.75) is 32.1 Å². The van der Waals surface area contributed by atoms with Crippen LogP contribution in [0.4, 0.5) is 11.5 Å². The third-order valence-corrected chi connectivity index (χ3v) is 6.15. The highest BCUT2D eigenvalue weighted by atomic mass is 32.2. The van der Waals surface area contributed by atoms with E-state index >= 15 is 0 Å². The van der Waals surface area contributed by atoms with E-state index in [2.05, 4.69) is 34.4 Å². The zero-order chi connectivity index (χ0) is 24.7. The van der Waals surface area contributed by atoms with Gasteiger partial charge in [-0.2, -0.15) is 0 Å². The fraction of sp³-hybridized carbons (Fsp3) is 0.261. The lowest BCUT2D eigenvalue weighted by atomic mass is 10.1. The number of thiocarbonyl (C=S) groups is 1. The van der Waals surface area contributed by atoms with E-state index in [1.165, 1.54) is 30.3 Å². The van der Waals surface area contributed by atoms with Gasteiger partial charge in [0, 0.05) is 17.3 Å². The largest absolute Gasteiger partial charge is 0.494 e. The number of carbonyl (C=O) groups is 1. The SMILES string of the molecule is Cc1cc(NS(=O)(=O)c2ccc(NC(=S)NC(=O)c3cccc(OCCC(C)C)c3)cc2)no1. The summed E-state index contributed by atoms with van der Waals surface area (Å²) in [4.78, 5) is 12.6. The molecule has 3 N–H and O–H groups in total. The summed E-state index contributed by atoms with van der Waals surface area (Å²) in [6.45, 7) is 6.46. The number of ether oxygens (including phenoxy) is 1. The molecule has 0 fully saturated rings. The van der Waals surface area contributed by atoms with E-state index in [9.17, 15) is 13.2 Å². The number of hydrogen-bond donors (Lipinski definition) is 3. The number of rotatable bonds is 9. The minimum atomic E-state index is -3.83. The van der Waals surface area contributed by atoms with Gasteiger partial charge < -0.3 is 14.6 Å². The molecule has 2 aromatic carbocycles. The van der Waals surface area contributed by atoms with Gasteiger partial charge in [-0.1, -0.05) is 25.1 Å². The average molecular weight is 503 g/mol. The first-order valence-corrected chi connectivity index (χ1v) is 12.4. The van der Waals surface area contributed by atoms with Crippen molar-refractivity contribution < 1.29 is 22.5 Å². The Kier molecular flexibility index (Phi) is 8.24. The lowest BCUT2D eigenvalue weighted by Gasteiger charge is -2.12. The van der Waals surface area contributed by atoms with Gasteiger partial charge in [-0.3, -0.25) is 14.8 Å². The van der Waals surface area contributed by atoms with Crippen LogP contribution in [0.3, 0.4) is 0 Å². The lowest BCUT2D eigenvalue weighted by molar-refractivity contribution is 0.0977. The van der Waals surface area contributed by atoms with E-state index in [1.54, 1.807) is 31.2 Å². The molecule has 0 radical (unpaired) electrons. The summed E-state index contributed by atoms with van der Waals surface area (Å²) in [5.74, 6) is 1.32. The average Bonchev–Trinajstić information content (AvgIpc) is 3.17. The number of amides is 1. The normalized spacial score (nSPS) is 11.2. The van der Waals surface area contributed by atoms with E-state index < -0.39 is 15.9 Å². The molecule has 1 aromatic heterocycles. The molecule has 0 saturated heterocycles. The number of hydrogen-bond acceptors (Lipinski definition) is 7. The lowest BCUT2D eigenvalue weighted by Crippen LogP contribution is -2.34. The van der Waals surface area contributed by atoms with Gasteiger partial charge >= 0.3 is 0 Å². The molecule has 0 unspecified atom stereocenters. The predicted octanol–water partition coefficient (Wildman–Crippen LogP) is 4.34. The number of benzene rings is 2. The van der Waals surface area contributed by atoms with Gasteiger partial charge in [0.15, 0.2) is 10.9 Å². The summed E-state index contributed by atoms with van der Waals surface area (Å²) in [7, 11) is -3.83. The Labute approximate surface area is 203 Å². The maximum atomic E-state index is 12.5. The van der Waals surface area contributed by atoms with Crippen molar-refractivity contribution in [3.8, 4) is 5.75 Å². The van der Waals surface area contributed by atoms with Crippen molar-refractivity contribution >= 4 is 44.8 Å². The Morgan fingerprint density at radius 1 is 1.15 bits per heavy atom. The molecule has 0 aliphatic carbocycles. The van der Waals surface area contributed by atoms with E-state index in [4.69, 9.17) is 21.5 Å². The second-order valence-corrected chi connectivity index (χ2v) is 10.0. The maximum Gasteiger partial charge on any atom is 0.263 e. The molecule has 1 heterocycles. The Bertz CT molecular complexity index is 1250. The number of nitrogens with one attached hydrogen (secondary N) is 3. The minimum Gasteiger partial charge on any atom is -0.494 e. The highest BCUT2D eigenvalue weighted by Gasteiger charge is 2.16. The number of aryl methyl sites for hydroxylation is 1. The van der Waals surface area contributed by atoms with Gasteiger partial charge in [-0.15, -0.1) is 0 Å². The highest BCUT2D eigenvalue weighted by molar-refractivity contribution is 7.92. The van der Waals surface area contributed by atoms with Crippen LogP contribution in [0.25, 0.3) is 0 Å². The molecule has 0 aliphatic heterocycles. The molecular weight excluding hydrogens is 476 g/mol. The van der Waals surface area contributed by atoms with Crippen molar-refractivity contribution in [3.63, 3.8) is 0 Å². The fourth-order valence-electron chi connectivity index (χ4n) is 2.81. The van der Waals surface area contributed by atoms with E-state index in [0.717, 1.165) is 6.42 Å². The Morgan fingerprint density at radius 2 is 1.88 bits per heavy atom. The van der Waals surface area contributed by atoms with Crippen molar-refractivity contribution in [3.05, 3.63) is 65.9 Å². The molecule has 9 nitrogen and oxygen atoms in total. The molecule has 0 bridgehead atoms. The van der Waals surface area contributed by atoms with E-state index in [1.807, 2.05) is 0 Å². The van der Waals surface area contributed by atoms with E-state index in [-0.39, 0.29) is 15.8 Å². The van der Waals surface area contributed by atoms with Crippen LogP contribution < -0.4 is 20.1 Å². The van der Waals surface area contributed by atoms with Gasteiger partial charge in [-0.05, 0) is 73.9 Å². The monoisotopic (exact) mass is 502 g/mol. The standard InChI is InChI=1S/C23H26N4O5S2/c1-15(2)11-12-31-19-6-4-5-17(14-19)22(28)25-23(33)24-18-7-9-20(10-8-18)34(29,30)27-21-13-16(3)32-26-21/h4-10,13-15H,11-12H2,1-3H3,(H,26,27)(H2,24,25,28,33). The number of anilines is 2. The molecule has 3 aromatic rings. The zero-order valence-corrected chi connectivity index (χ0v) is 20.6. The van der Waals surface area contributed by atoms with Gasteiger partial charge in [0.2, 0.25) is 0 Å². The maximum absolute atomic E-state index is 12.5. The van der Waals surface area contributed by atoms with Crippen LogP contribution >= 0.6 is 12.2 Å². The molecule has 0 atom stereocenters. The topological polar surface area (TPSA) is 123 Å². The molecule has 11 heteroatoms. The first-order chi connectivity index (χ1) is 16.1. The van der Waals surface area contributed by atoms with Crippen molar-refractivity contribution in [1.29, 1.82) is 0 Å². The smallest absolute Gasteiger partial charge is 0.263 e. The van der Waals surface area contributed by atoms with Crippen LogP contribution in [0, 0.1) is 12.8 Å². The molecule has 0 aliphatic rings. The molecule has 34 heavy (non-hydrogen) atoms. The molecule has 3 rings (SSSR count). The Balaban J connectivity index is 1.56. The second-order valence-electron chi connectivity index (χ2n) is 7.92. The van der Waals surface area contributed by atoms with Gasteiger partial charge in [0.1, 0.15) is 11.5 Å². The van der Waals surface area contributed by atoms with Gasteiger partial charge in [0.05, 0.1) is 11.5 Å². The molecule has 180 valence electrons. The van der Waals surface area contributed by atoms with Crippen LogP contribution in [0.5, 0.6) is 5.75 Å². The van der Waals surface area contributed by atoms with E-state index in [0.29, 0.717) is 35.3 Å². The molecule has 0 spiro atoms. The van der Waals surface area contributed by atoms with Crippen LogP contribution in [0.15, 0.2) is 64.0 Å². The van der Waals surface area contributed by atoms with Crippen molar-refractivity contribution in [2.24, 2.45) is 5.92 Å². The number of aromatic nitrogens is 1. The summed E-state index contributed by atoms with van der Waals surface area (Å²) in [5.41, 5.74) is 0.911. The molecule has 0 saturated carbocycles. The Hall–Kier alpha value is -3.44. The summed E-state index contributed by atoms with van der Waals surface area (Å²) < 4.78 is 37.8. The predicted molar refractivity (Wildman–Crippen MR) is 134 cm³/mol. The van der Waals surface area contributed by atoms with Gasteiger partial charge in [-0.25, -0.2) is 8.42 Å². The molecular formula is C23H26N4O5S2. The number of carbonyl (C=O) groups excluding carboxylic acids is 1.